The van der Waals surface area contributed by atoms with Crippen molar-refractivity contribution in [3.8, 4) is 11.8 Å². The van der Waals surface area contributed by atoms with Gasteiger partial charge in [-0.15, -0.1) is 11.6 Å². The Balaban J connectivity index is 2.36. The molecule has 2 rings (SSSR count). The molecule has 1 aliphatic heterocycles. The predicted octanol–water partition coefficient (Wildman–Crippen LogP) is 1.93. The average Bonchev–Trinajstić information content (AvgIpc) is 2.34. The molecule has 2 atom stereocenters. The zero-order valence-electron chi connectivity index (χ0n) is 9.26. The number of ether oxygens (including phenoxy) is 1. The van der Waals surface area contributed by atoms with E-state index in [1.807, 2.05) is 18.2 Å². The van der Waals surface area contributed by atoms with Gasteiger partial charge in [0.2, 0.25) is 0 Å². The van der Waals surface area contributed by atoms with Crippen molar-refractivity contribution in [1.29, 1.82) is 5.26 Å². The fourth-order valence-electron chi connectivity index (χ4n) is 1.75. The number of rotatable bonds is 2. The SMILES string of the molecule is CC1Oc2ccccc2N(CC(Cl)C#N)C1=O. The van der Waals surface area contributed by atoms with Crippen LogP contribution in [0.15, 0.2) is 24.3 Å². The highest BCUT2D eigenvalue weighted by Crippen LogP contribution is 2.33. The molecule has 0 aliphatic carbocycles. The van der Waals surface area contributed by atoms with E-state index >= 15 is 0 Å². The van der Waals surface area contributed by atoms with Crippen LogP contribution in [0.1, 0.15) is 6.92 Å². The molecule has 1 aromatic rings. The number of amides is 1. The summed E-state index contributed by atoms with van der Waals surface area (Å²) in [5.41, 5.74) is 0.663. The number of nitrogens with zero attached hydrogens (tertiary/aromatic N) is 2. The zero-order chi connectivity index (χ0) is 12.4. The van der Waals surface area contributed by atoms with Crippen molar-refractivity contribution in [2.75, 3.05) is 11.4 Å². The van der Waals surface area contributed by atoms with Crippen LogP contribution < -0.4 is 9.64 Å². The molecule has 2 unspecified atom stereocenters. The second kappa shape index (κ2) is 4.64. The Kier molecular flexibility index (Phi) is 3.21. The molecule has 1 heterocycles. The summed E-state index contributed by atoms with van der Waals surface area (Å²) in [6.07, 6.45) is -0.549. The molecule has 5 heteroatoms. The molecule has 4 nitrogen and oxygen atoms in total. The van der Waals surface area contributed by atoms with Crippen LogP contribution in [-0.2, 0) is 4.79 Å². The van der Waals surface area contributed by atoms with E-state index in [4.69, 9.17) is 21.6 Å². The lowest BCUT2D eigenvalue weighted by Crippen LogP contribution is -2.46. The Morgan fingerprint density at radius 1 is 1.59 bits per heavy atom. The molecule has 1 aromatic carbocycles. The molecule has 1 amide bonds. The number of hydrogen-bond acceptors (Lipinski definition) is 3. The fourth-order valence-corrected chi connectivity index (χ4v) is 1.89. The van der Waals surface area contributed by atoms with Gasteiger partial charge < -0.3 is 9.64 Å². The molecular weight excluding hydrogens is 240 g/mol. The van der Waals surface area contributed by atoms with Gasteiger partial charge in [-0.25, -0.2) is 0 Å². The topological polar surface area (TPSA) is 53.3 Å². The van der Waals surface area contributed by atoms with Gasteiger partial charge in [0.1, 0.15) is 11.1 Å². The molecule has 0 saturated carbocycles. The van der Waals surface area contributed by atoms with Gasteiger partial charge in [-0.05, 0) is 19.1 Å². The standard InChI is InChI=1S/C12H11ClN2O2/c1-8-12(16)15(7-9(13)6-14)10-4-2-3-5-11(10)17-8/h2-5,8-9H,7H2,1H3. The Morgan fingerprint density at radius 3 is 3.00 bits per heavy atom. The largest absolute Gasteiger partial charge is 0.479 e. The summed E-state index contributed by atoms with van der Waals surface area (Å²) in [4.78, 5) is 13.5. The number of hydrogen-bond donors (Lipinski definition) is 0. The summed E-state index contributed by atoms with van der Waals surface area (Å²) in [6, 6.07) is 9.13. The number of benzene rings is 1. The molecule has 0 saturated heterocycles. The Bertz CT molecular complexity index is 484. The minimum atomic E-state index is -0.725. The Morgan fingerprint density at radius 2 is 2.29 bits per heavy atom. The maximum atomic E-state index is 12.0. The molecule has 0 N–H and O–H groups in total. The van der Waals surface area contributed by atoms with E-state index in [9.17, 15) is 4.79 Å². The van der Waals surface area contributed by atoms with Crippen molar-refractivity contribution in [3.63, 3.8) is 0 Å². The lowest BCUT2D eigenvalue weighted by Gasteiger charge is -2.33. The van der Waals surface area contributed by atoms with Gasteiger partial charge in [0, 0.05) is 0 Å². The number of nitriles is 1. The minimum Gasteiger partial charge on any atom is -0.479 e. The second-order valence-corrected chi connectivity index (χ2v) is 4.30. The van der Waals surface area contributed by atoms with Crippen molar-refractivity contribution < 1.29 is 9.53 Å². The highest BCUT2D eigenvalue weighted by molar-refractivity contribution is 6.23. The smallest absolute Gasteiger partial charge is 0.267 e. The van der Waals surface area contributed by atoms with E-state index in [0.717, 1.165) is 0 Å². The second-order valence-electron chi connectivity index (χ2n) is 3.77. The summed E-state index contributed by atoms with van der Waals surface area (Å²) < 4.78 is 5.47. The van der Waals surface area contributed by atoms with E-state index in [2.05, 4.69) is 0 Å². The highest BCUT2D eigenvalue weighted by atomic mass is 35.5. The Hall–Kier alpha value is -1.73. The lowest BCUT2D eigenvalue weighted by molar-refractivity contribution is -0.125. The van der Waals surface area contributed by atoms with Gasteiger partial charge in [-0.1, -0.05) is 12.1 Å². The molecule has 1 aliphatic rings. The first-order valence-electron chi connectivity index (χ1n) is 5.24. The lowest BCUT2D eigenvalue weighted by atomic mass is 10.2. The van der Waals surface area contributed by atoms with Crippen LogP contribution in [0, 0.1) is 11.3 Å². The van der Waals surface area contributed by atoms with Gasteiger partial charge in [-0.2, -0.15) is 5.26 Å². The van der Waals surface area contributed by atoms with Gasteiger partial charge in [0.25, 0.3) is 5.91 Å². The number of anilines is 1. The normalized spacial score (nSPS) is 20.2. The molecule has 0 bridgehead atoms. The molecule has 17 heavy (non-hydrogen) atoms. The quantitative estimate of drug-likeness (QED) is 0.754. The van der Waals surface area contributed by atoms with Gasteiger partial charge in [-0.3, -0.25) is 4.79 Å². The number of alkyl halides is 1. The maximum absolute atomic E-state index is 12.0. The summed E-state index contributed by atoms with van der Waals surface area (Å²) in [5.74, 6) is 0.464. The number of para-hydroxylation sites is 2. The van der Waals surface area contributed by atoms with Crippen molar-refractivity contribution in [1.82, 2.24) is 0 Å². The van der Waals surface area contributed by atoms with Crippen molar-refractivity contribution >= 4 is 23.2 Å². The van der Waals surface area contributed by atoms with E-state index in [1.165, 1.54) is 4.90 Å². The van der Waals surface area contributed by atoms with Gasteiger partial charge in [0.15, 0.2) is 6.10 Å². The molecule has 0 fully saturated rings. The summed E-state index contributed by atoms with van der Waals surface area (Å²) in [5, 5.41) is 7.99. The van der Waals surface area contributed by atoms with Crippen LogP contribution >= 0.6 is 11.6 Å². The van der Waals surface area contributed by atoms with E-state index in [0.29, 0.717) is 11.4 Å². The van der Waals surface area contributed by atoms with Crippen LogP contribution in [0.4, 0.5) is 5.69 Å². The summed E-state index contributed by atoms with van der Waals surface area (Å²) >= 11 is 5.78. The zero-order valence-corrected chi connectivity index (χ0v) is 10.0. The average molecular weight is 251 g/mol. The third kappa shape index (κ3) is 2.20. The highest BCUT2D eigenvalue weighted by Gasteiger charge is 2.32. The predicted molar refractivity (Wildman–Crippen MR) is 64.1 cm³/mol. The summed E-state index contributed by atoms with van der Waals surface area (Å²) in [6.45, 7) is 1.85. The van der Waals surface area contributed by atoms with Crippen LogP contribution in [0.5, 0.6) is 5.75 Å². The van der Waals surface area contributed by atoms with E-state index in [1.54, 1.807) is 19.1 Å². The monoisotopic (exact) mass is 250 g/mol. The summed E-state index contributed by atoms with van der Waals surface area (Å²) in [7, 11) is 0. The molecule has 0 spiro atoms. The third-order valence-electron chi connectivity index (χ3n) is 2.56. The van der Waals surface area contributed by atoms with Gasteiger partial charge >= 0.3 is 0 Å². The first-order valence-corrected chi connectivity index (χ1v) is 5.68. The van der Waals surface area contributed by atoms with E-state index in [-0.39, 0.29) is 12.5 Å². The van der Waals surface area contributed by atoms with Crippen molar-refractivity contribution in [2.45, 2.75) is 18.4 Å². The number of halogens is 1. The van der Waals surface area contributed by atoms with Crippen LogP contribution in [0.2, 0.25) is 0 Å². The number of fused-ring (bicyclic) bond motifs is 1. The minimum absolute atomic E-state index is 0.168. The van der Waals surface area contributed by atoms with Crippen LogP contribution in [0.3, 0.4) is 0 Å². The van der Waals surface area contributed by atoms with Crippen LogP contribution in [-0.4, -0.2) is 23.9 Å². The number of carbonyl (C=O) groups excluding carboxylic acids is 1. The van der Waals surface area contributed by atoms with Gasteiger partial charge in [0.05, 0.1) is 18.3 Å². The molecule has 0 aromatic heterocycles. The number of carbonyl (C=O) groups is 1. The first-order chi connectivity index (χ1) is 8.13. The third-order valence-corrected chi connectivity index (χ3v) is 2.79. The van der Waals surface area contributed by atoms with Crippen molar-refractivity contribution in [2.24, 2.45) is 0 Å². The Labute approximate surface area is 104 Å². The maximum Gasteiger partial charge on any atom is 0.267 e. The van der Waals surface area contributed by atoms with Crippen LogP contribution in [0.25, 0.3) is 0 Å². The van der Waals surface area contributed by atoms with E-state index < -0.39 is 11.5 Å². The molecule has 88 valence electrons. The van der Waals surface area contributed by atoms with Crippen molar-refractivity contribution in [3.05, 3.63) is 24.3 Å². The molecular formula is C12H11ClN2O2. The molecule has 0 radical (unpaired) electrons. The fraction of sp³-hybridized carbons (Fsp3) is 0.333. The first kappa shape index (κ1) is 11.7.